The molecule has 0 spiro atoms. The number of benzene rings is 2. The Labute approximate surface area is 175 Å². The fourth-order valence-corrected chi connectivity index (χ4v) is 4.27. The summed E-state index contributed by atoms with van der Waals surface area (Å²) >= 11 is 1.58. The summed E-state index contributed by atoms with van der Waals surface area (Å²) in [6, 6.07) is 17.3. The van der Waals surface area contributed by atoms with Gasteiger partial charge in [-0.25, -0.2) is 8.42 Å². The average molecular weight is 431 g/mol. The quantitative estimate of drug-likeness (QED) is 0.563. The lowest BCUT2D eigenvalue weighted by atomic mass is 10.2. The second-order valence-electron chi connectivity index (χ2n) is 6.53. The molecule has 1 heterocycles. The van der Waals surface area contributed by atoms with E-state index in [9.17, 15) is 13.2 Å². The SMILES string of the molecule is CSc1cccc(NC(=O)c2ccc(CN(C)S(=O)(=O)c3ccc(C)cc3)o2)c1. The van der Waals surface area contributed by atoms with Crippen molar-refractivity contribution in [3.63, 3.8) is 0 Å². The molecular formula is C21H22N2O4S2. The lowest BCUT2D eigenvalue weighted by molar-refractivity contribution is 0.0994. The van der Waals surface area contributed by atoms with Crippen LogP contribution in [0.2, 0.25) is 0 Å². The number of hydrogen-bond donors (Lipinski definition) is 1. The first-order valence-corrected chi connectivity index (χ1v) is 11.5. The predicted molar refractivity (Wildman–Crippen MR) is 115 cm³/mol. The van der Waals surface area contributed by atoms with Crippen molar-refractivity contribution in [2.24, 2.45) is 0 Å². The number of amides is 1. The van der Waals surface area contributed by atoms with Crippen LogP contribution in [0.1, 0.15) is 21.9 Å². The van der Waals surface area contributed by atoms with Gasteiger partial charge in [0.1, 0.15) is 5.76 Å². The number of rotatable bonds is 7. The molecular weight excluding hydrogens is 408 g/mol. The van der Waals surface area contributed by atoms with E-state index in [0.29, 0.717) is 11.4 Å². The van der Waals surface area contributed by atoms with Crippen molar-refractivity contribution in [1.82, 2.24) is 4.31 Å². The zero-order chi connectivity index (χ0) is 21.0. The fraction of sp³-hybridized carbons (Fsp3) is 0.190. The molecule has 3 rings (SSSR count). The van der Waals surface area contributed by atoms with Crippen molar-refractivity contribution < 1.29 is 17.6 Å². The zero-order valence-corrected chi connectivity index (χ0v) is 18.0. The maximum absolute atomic E-state index is 12.7. The molecule has 1 N–H and O–H groups in total. The number of carbonyl (C=O) groups excluding carboxylic acids is 1. The number of carbonyl (C=O) groups is 1. The lowest BCUT2D eigenvalue weighted by Gasteiger charge is -2.16. The van der Waals surface area contributed by atoms with Crippen LogP contribution in [0.4, 0.5) is 5.69 Å². The smallest absolute Gasteiger partial charge is 0.291 e. The van der Waals surface area contributed by atoms with Crippen LogP contribution in [0, 0.1) is 6.92 Å². The molecule has 0 radical (unpaired) electrons. The number of nitrogens with one attached hydrogen (secondary N) is 1. The number of furan rings is 1. The molecule has 0 aliphatic rings. The third-order valence-corrected chi connectivity index (χ3v) is 6.86. The van der Waals surface area contributed by atoms with Crippen LogP contribution < -0.4 is 5.32 Å². The number of sulfonamides is 1. The largest absolute Gasteiger partial charge is 0.455 e. The molecule has 152 valence electrons. The van der Waals surface area contributed by atoms with Gasteiger partial charge < -0.3 is 9.73 Å². The van der Waals surface area contributed by atoms with Crippen molar-refractivity contribution in [2.45, 2.75) is 23.3 Å². The summed E-state index contributed by atoms with van der Waals surface area (Å²) < 4.78 is 32.2. The zero-order valence-electron chi connectivity index (χ0n) is 16.4. The van der Waals surface area contributed by atoms with Crippen LogP contribution in [-0.4, -0.2) is 31.9 Å². The summed E-state index contributed by atoms with van der Waals surface area (Å²) in [5, 5.41) is 2.78. The minimum absolute atomic E-state index is 0.0193. The Morgan fingerprint density at radius 2 is 1.83 bits per heavy atom. The van der Waals surface area contributed by atoms with E-state index in [0.717, 1.165) is 10.5 Å². The number of anilines is 1. The van der Waals surface area contributed by atoms with Crippen LogP contribution in [0.15, 0.2) is 74.9 Å². The van der Waals surface area contributed by atoms with Crippen molar-refractivity contribution in [1.29, 1.82) is 0 Å². The number of aryl methyl sites for hydroxylation is 1. The van der Waals surface area contributed by atoms with Gasteiger partial charge in [-0.05, 0) is 55.6 Å². The van der Waals surface area contributed by atoms with Gasteiger partial charge in [-0.1, -0.05) is 23.8 Å². The summed E-state index contributed by atoms with van der Waals surface area (Å²) in [5.41, 5.74) is 1.65. The number of thioether (sulfide) groups is 1. The van der Waals surface area contributed by atoms with Crippen molar-refractivity contribution in [2.75, 3.05) is 18.6 Å². The molecule has 2 aromatic carbocycles. The Morgan fingerprint density at radius 1 is 1.10 bits per heavy atom. The van der Waals surface area contributed by atoms with Crippen LogP contribution in [0.25, 0.3) is 0 Å². The highest BCUT2D eigenvalue weighted by molar-refractivity contribution is 7.98. The normalized spacial score (nSPS) is 11.6. The second-order valence-corrected chi connectivity index (χ2v) is 9.45. The van der Waals surface area contributed by atoms with Gasteiger partial charge in [-0.2, -0.15) is 4.31 Å². The summed E-state index contributed by atoms with van der Waals surface area (Å²) in [6.07, 6.45) is 1.96. The molecule has 0 saturated heterocycles. The minimum Gasteiger partial charge on any atom is -0.455 e. The molecule has 1 aromatic heterocycles. The molecule has 0 aliphatic carbocycles. The van der Waals surface area contributed by atoms with Gasteiger partial charge in [0.25, 0.3) is 5.91 Å². The molecule has 0 saturated carbocycles. The van der Waals surface area contributed by atoms with Gasteiger partial charge in [0.15, 0.2) is 5.76 Å². The van der Waals surface area contributed by atoms with Crippen molar-refractivity contribution in [3.8, 4) is 0 Å². The maximum atomic E-state index is 12.7. The monoisotopic (exact) mass is 430 g/mol. The highest BCUT2D eigenvalue weighted by atomic mass is 32.2. The van der Waals surface area contributed by atoms with Gasteiger partial charge in [-0.15, -0.1) is 11.8 Å². The molecule has 0 bridgehead atoms. The van der Waals surface area contributed by atoms with Gasteiger partial charge in [0.2, 0.25) is 10.0 Å². The summed E-state index contributed by atoms with van der Waals surface area (Å²) in [7, 11) is -2.17. The highest BCUT2D eigenvalue weighted by Gasteiger charge is 2.22. The predicted octanol–water partition coefficient (Wildman–Crippen LogP) is 4.38. The third-order valence-electron chi connectivity index (χ3n) is 4.32. The molecule has 0 unspecified atom stereocenters. The molecule has 8 heteroatoms. The van der Waals surface area contributed by atoms with Crippen LogP contribution in [0.5, 0.6) is 0 Å². The van der Waals surface area contributed by atoms with E-state index in [4.69, 9.17) is 4.42 Å². The first-order valence-electron chi connectivity index (χ1n) is 8.87. The van der Waals surface area contributed by atoms with E-state index in [1.54, 1.807) is 48.2 Å². The number of nitrogens with zero attached hydrogens (tertiary/aromatic N) is 1. The van der Waals surface area contributed by atoms with E-state index in [-0.39, 0.29) is 17.2 Å². The first kappa shape index (κ1) is 21.2. The van der Waals surface area contributed by atoms with Gasteiger partial charge in [-0.3, -0.25) is 4.79 Å². The van der Waals surface area contributed by atoms with E-state index < -0.39 is 15.9 Å². The van der Waals surface area contributed by atoms with E-state index in [1.807, 2.05) is 31.4 Å². The molecule has 29 heavy (non-hydrogen) atoms. The fourth-order valence-electron chi connectivity index (χ4n) is 2.67. The highest BCUT2D eigenvalue weighted by Crippen LogP contribution is 2.21. The van der Waals surface area contributed by atoms with E-state index >= 15 is 0 Å². The molecule has 3 aromatic rings. The standard InChI is InChI=1S/C21H22N2O4S2/c1-15-7-10-19(11-8-15)29(25,26)23(2)14-17-9-12-20(27-17)21(24)22-16-5-4-6-18(13-16)28-3/h4-13H,14H2,1-3H3,(H,22,24). The Bertz CT molecular complexity index is 1110. The number of hydrogen-bond acceptors (Lipinski definition) is 5. The van der Waals surface area contributed by atoms with Crippen LogP contribution in [0.3, 0.4) is 0 Å². The molecule has 0 aliphatic heterocycles. The summed E-state index contributed by atoms with van der Waals surface area (Å²) in [4.78, 5) is 13.7. The lowest BCUT2D eigenvalue weighted by Crippen LogP contribution is -2.26. The summed E-state index contributed by atoms with van der Waals surface area (Å²) in [6.45, 7) is 1.92. The Balaban J connectivity index is 1.69. The van der Waals surface area contributed by atoms with E-state index in [1.165, 1.54) is 17.4 Å². The minimum atomic E-state index is -3.65. The molecule has 1 amide bonds. The van der Waals surface area contributed by atoms with E-state index in [2.05, 4.69) is 5.32 Å². The Hall–Kier alpha value is -2.55. The van der Waals surface area contributed by atoms with Crippen molar-refractivity contribution >= 4 is 33.4 Å². The Morgan fingerprint density at radius 3 is 2.52 bits per heavy atom. The Kier molecular flexibility index (Phi) is 6.46. The molecule has 6 nitrogen and oxygen atoms in total. The van der Waals surface area contributed by atoms with Crippen LogP contribution >= 0.6 is 11.8 Å². The third kappa shape index (κ3) is 5.09. The first-order chi connectivity index (χ1) is 13.8. The molecule has 0 fully saturated rings. The topological polar surface area (TPSA) is 79.6 Å². The van der Waals surface area contributed by atoms with Gasteiger partial charge in [0.05, 0.1) is 11.4 Å². The van der Waals surface area contributed by atoms with Crippen molar-refractivity contribution in [3.05, 3.63) is 77.7 Å². The summed E-state index contributed by atoms with van der Waals surface area (Å²) in [5.74, 6) is 0.112. The average Bonchev–Trinajstić information content (AvgIpc) is 3.17. The molecule has 0 atom stereocenters. The van der Waals surface area contributed by atoms with Crippen LogP contribution in [-0.2, 0) is 16.6 Å². The van der Waals surface area contributed by atoms with Gasteiger partial charge >= 0.3 is 0 Å². The van der Waals surface area contributed by atoms with Gasteiger partial charge in [0, 0.05) is 17.6 Å². The second kappa shape index (κ2) is 8.86. The maximum Gasteiger partial charge on any atom is 0.291 e.